The Morgan fingerprint density at radius 1 is 1.09 bits per heavy atom. The van der Waals surface area contributed by atoms with Gasteiger partial charge in [-0.05, 0) is 37.6 Å². The SMILES string of the molecule is COc1cc(OC)c(NC(=O)c2cnc3c(-c4ccc(F)cc4)c(C)nn3c2C)cc1Cl. The molecule has 32 heavy (non-hydrogen) atoms. The Bertz CT molecular complexity index is 1340. The van der Waals surface area contributed by atoms with E-state index in [0.717, 1.165) is 11.1 Å². The van der Waals surface area contributed by atoms with Crippen LogP contribution in [-0.2, 0) is 0 Å². The average molecular weight is 455 g/mol. The predicted octanol–water partition coefficient (Wildman–Crippen LogP) is 5.08. The van der Waals surface area contributed by atoms with Crippen molar-refractivity contribution < 1.29 is 18.7 Å². The minimum Gasteiger partial charge on any atom is -0.495 e. The van der Waals surface area contributed by atoms with Crippen LogP contribution in [-0.4, -0.2) is 34.7 Å². The van der Waals surface area contributed by atoms with Gasteiger partial charge in [0.25, 0.3) is 5.91 Å². The molecule has 2 aromatic heterocycles. The van der Waals surface area contributed by atoms with E-state index in [-0.39, 0.29) is 5.82 Å². The molecular weight excluding hydrogens is 435 g/mol. The number of rotatable bonds is 5. The average Bonchev–Trinajstić information content (AvgIpc) is 3.11. The molecule has 0 saturated carbocycles. The van der Waals surface area contributed by atoms with Gasteiger partial charge in [0, 0.05) is 17.8 Å². The molecule has 0 atom stereocenters. The zero-order valence-electron chi connectivity index (χ0n) is 17.9. The van der Waals surface area contributed by atoms with Crippen LogP contribution in [0.5, 0.6) is 11.5 Å². The molecule has 1 N–H and O–H groups in total. The maximum Gasteiger partial charge on any atom is 0.259 e. The third-order valence-corrected chi connectivity index (χ3v) is 5.45. The molecule has 4 aromatic rings. The van der Waals surface area contributed by atoms with Crippen LogP contribution in [0.15, 0.2) is 42.6 Å². The number of benzene rings is 2. The molecule has 7 nitrogen and oxygen atoms in total. The normalized spacial score (nSPS) is 10.9. The highest BCUT2D eigenvalue weighted by molar-refractivity contribution is 6.32. The highest BCUT2D eigenvalue weighted by atomic mass is 35.5. The molecule has 0 aliphatic rings. The van der Waals surface area contributed by atoms with E-state index < -0.39 is 5.91 Å². The zero-order chi connectivity index (χ0) is 23.0. The fourth-order valence-electron chi connectivity index (χ4n) is 3.53. The van der Waals surface area contributed by atoms with Gasteiger partial charge in [-0.25, -0.2) is 13.9 Å². The fourth-order valence-corrected chi connectivity index (χ4v) is 3.77. The summed E-state index contributed by atoms with van der Waals surface area (Å²) in [5.74, 6) is 0.119. The van der Waals surface area contributed by atoms with Gasteiger partial charge in [0.2, 0.25) is 0 Å². The maximum atomic E-state index is 13.3. The minimum absolute atomic E-state index is 0.319. The van der Waals surface area contributed by atoms with Crippen molar-refractivity contribution in [2.75, 3.05) is 19.5 Å². The van der Waals surface area contributed by atoms with Gasteiger partial charge in [-0.2, -0.15) is 5.10 Å². The van der Waals surface area contributed by atoms with Crippen LogP contribution < -0.4 is 14.8 Å². The van der Waals surface area contributed by atoms with E-state index in [1.165, 1.54) is 32.5 Å². The minimum atomic E-state index is -0.395. The van der Waals surface area contributed by atoms with Crippen LogP contribution in [0, 0.1) is 19.7 Å². The van der Waals surface area contributed by atoms with Crippen LogP contribution in [0.4, 0.5) is 10.1 Å². The second-order valence-corrected chi connectivity index (χ2v) is 7.51. The van der Waals surface area contributed by atoms with Crippen molar-refractivity contribution in [2.45, 2.75) is 13.8 Å². The van der Waals surface area contributed by atoms with Crippen LogP contribution in [0.1, 0.15) is 21.7 Å². The number of nitrogens with zero attached hydrogens (tertiary/aromatic N) is 3. The van der Waals surface area contributed by atoms with Crippen molar-refractivity contribution in [1.82, 2.24) is 14.6 Å². The van der Waals surface area contributed by atoms with E-state index in [1.807, 2.05) is 6.92 Å². The van der Waals surface area contributed by atoms with Crippen molar-refractivity contribution in [3.05, 3.63) is 70.4 Å². The van der Waals surface area contributed by atoms with Gasteiger partial charge >= 0.3 is 0 Å². The lowest BCUT2D eigenvalue weighted by Crippen LogP contribution is -2.16. The van der Waals surface area contributed by atoms with E-state index in [9.17, 15) is 9.18 Å². The molecule has 2 aromatic carbocycles. The number of fused-ring (bicyclic) bond motifs is 1. The van der Waals surface area contributed by atoms with Gasteiger partial charge in [-0.3, -0.25) is 4.79 Å². The van der Waals surface area contributed by atoms with Crippen molar-refractivity contribution in [2.24, 2.45) is 0 Å². The lowest BCUT2D eigenvalue weighted by Gasteiger charge is -2.14. The summed E-state index contributed by atoms with van der Waals surface area (Å²) in [6, 6.07) is 9.29. The Labute approximate surface area is 188 Å². The first kappa shape index (κ1) is 21.6. The molecule has 0 fully saturated rings. The molecule has 0 aliphatic carbocycles. The van der Waals surface area contributed by atoms with Gasteiger partial charge < -0.3 is 14.8 Å². The van der Waals surface area contributed by atoms with E-state index in [1.54, 1.807) is 35.7 Å². The van der Waals surface area contributed by atoms with Crippen LogP contribution in [0.3, 0.4) is 0 Å². The van der Waals surface area contributed by atoms with Gasteiger partial charge in [0.15, 0.2) is 5.65 Å². The molecule has 0 spiro atoms. The number of halogens is 2. The Morgan fingerprint density at radius 2 is 1.78 bits per heavy atom. The number of hydrogen-bond acceptors (Lipinski definition) is 5. The summed E-state index contributed by atoms with van der Waals surface area (Å²) < 4.78 is 25.5. The van der Waals surface area contributed by atoms with Gasteiger partial charge in [-0.15, -0.1) is 0 Å². The predicted molar refractivity (Wildman–Crippen MR) is 120 cm³/mol. The molecule has 164 valence electrons. The summed E-state index contributed by atoms with van der Waals surface area (Å²) in [5, 5.41) is 7.69. The summed E-state index contributed by atoms with van der Waals surface area (Å²) in [4.78, 5) is 17.5. The molecular formula is C23H20ClFN4O3. The molecule has 0 unspecified atom stereocenters. The summed E-state index contributed by atoms with van der Waals surface area (Å²) in [5.41, 5.74) is 4.19. The number of aromatic nitrogens is 3. The first-order valence-electron chi connectivity index (χ1n) is 9.67. The number of aryl methyl sites for hydroxylation is 2. The van der Waals surface area contributed by atoms with Crippen LogP contribution >= 0.6 is 11.6 Å². The monoisotopic (exact) mass is 454 g/mol. The lowest BCUT2D eigenvalue weighted by atomic mass is 10.1. The molecule has 0 radical (unpaired) electrons. The zero-order valence-corrected chi connectivity index (χ0v) is 18.6. The number of carbonyl (C=O) groups is 1. The van der Waals surface area contributed by atoms with Crippen LogP contribution in [0.25, 0.3) is 16.8 Å². The van der Waals surface area contributed by atoms with E-state index in [0.29, 0.717) is 44.8 Å². The second-order valence-electron chi connectivity index (χ2n) is 7.10. The molecule has 2 heterocycles. The number of hydrogen-bond donors (Lipinski definition) is 1. The number of anilines is 1. The highest BCUT2D eigenvalue weighted by Crippen LogP contribution is 2.36. The van der Waals surface area contributed by atoms with E-state index in [2.05, 4.69) is 15.4 Å². The Morgan fingerprint density at radius 3 is 2.44 bits per heavy atom. The molecule has 0 aliphatic heterocycles. The van der Waals surface area contributed by atoms with Crippen LogP contribution in [0.2, 0.25) is 5.02 Å². The standard InChI is InChI=1S/C23H20ClFN4O3/c1-12-21(14-5-7-15(25)8-6-14)22-26-11-16(13(2)29(22)28-12)23(30)27-18-9-17(24)19(31-3)10-20(18)32-4/h5-11H,1-4H3,(H,27,30). The van der Waals surface area contributed by atoms with Gasteiger partial charge in [0.05, 0.1) is 41.9 Å². The topological polar surface area (TPSA) is 77.8 Å². The van der Waals surface area contributed by atoms with Gasteiger partial charge in [0.1, 0.15) is 17.3 Å². The Kier molecular flexibility index (Phi) is 5.71. The third-order valence-electron chi connectivity index (χ3n) is 5.16. The van der Waals surface area contributed by atoms with Crippen molar-refractivity contribution in [3.8, 4) is 22.6 Å². The smallest absolute Gasteiger partial charge is 0.259 e. The molecule has 0 saturated heterocycles. The molecule has 0 bridgehead atoms. The summed E-state index contributed by atoms with van der Waals surface area (Å²) >= 11 is 6.20. The number of methoxy groups -OCH3 is 2. The number of carbonyl (C=O) groups excluding carboxylic acids is 1. The maximum absolute atomic E-state index is 13.3. The number of amides is 1. The van der Waals surface area contributed by atoms with Crippen molar-refractivity contribution >= 4 is 28.8 Å². The summed E-state index contributed by atoms with van der Waals surface area (Å²) in [7, 11) is 2.98. The molecule has 9 heteroatoms. The van der Waals surface area contributed by atoms with E-state index >= 15 is 0 Å². The first-order chi connectivity index (χ1) is 15.3. The van der Waals surface area contributed by atoms with Crippen molar-refractivity contribution in [1.29, 1.82) is 0 Å². The number of nitrogens with one attached hydrogen (secondary N) is 1. The fraction of sp³-hybridized carbons (Fsp3) is 0.174. The molecule has 1 amide bonds. The largest absolute Gasteiger partial charge is 0.495 e. The first-order valence-corrected chi connectivity index (χ1v) is 10.1. The van der Waals surface area contributed by atoms with Gasteiger partial charge in [-0.1, -0.05) is 23.7 Å². The Balaban J connectivity index is 1.73. The van der Waals surface area contributed by atoms with Crippen molar-refractivity contribution in [3.63, 3.8) is 0 Å². The van der Waals surface area contributed by atoms with E-state index in [4.69, 9.17) is 21.1 Å². The summed E-state index contributed by atoms with van der Waals surface area (Å²) in [6.45, 7) is 3.62. The summed E-state index contributed by atoms with van der Waals surface area (Å²) in [6.07, 6.45) is 1.49. The second kappa shape index (κ2) is 8.47. The number of ether oxygens (including phenoxy) is 2. The lowest BCUT2D eigenvalue weighted by molar-refractivity contribution is 0.102. The quantitative estimate of drug-likeness (QED) is 0.455. The highest BCUT2D eigenvalue weighted by Gasteiger charge is 2.20. The molecule has 4 rings (SSSR count). The Hall–Kier alpha value is -3.65. The third kappa shape index (κ3) is 3.73.